The monoisotopic (exact) mass is 148 g/mol. The molecule has 58 valence electrons. The Bertz CT molecular complexity index is 249. The van der Waals surface area contributed by atoms with Crippen LogP contribution >= 0.6 is 0 Å². The minimum atomic E-state index is 0.900. The topological polar surface area (TPSA) is 24.9 Å². The van der Waals surface area contributed by atoms with Gasteiger partial charge in [-0.25, -0.2) is 0 Å². The lowest BCUT2D eigenvalue weighted by Crippen LogP contribution is -2.02. The number of nitrogens with zero attached hydrogens (tertiary/aromatic N) is 1. The number of hydrogen-bond donors (Lipinski definition) is 1. The van der Waals surface area contributed by atoms with E-state index in [0.717, 1.165) is 17.0 Å². The predicted molar refractivity (Wildman–Crippen MR) is 47.1 cm³/mol. The lowest BCUT2D eigenvalue weighted by molar-refractivity contribution is 1.11. The van der Waals surface area contributed by atoms with E-state index in [9.17, 15) is 0 Å². The molecule has 0 aliphatic rings. The van der Waals surface area contributed by atoms with E-state index in [0.29, 0.717) is 0 Å². The summed E-state index contributed by atoms with van der Waals surface area (Å²) in [7, 11) is 1.85. The normalized spacial score (nSPS) is 9.27. The van der Waals surface area contributed by atoms with Gasteiger partial charge in [0, 0.05) is 30.2 Å². The van der Waals surface area contributed by atoms with Crippen LogP contribution in [0.4, 0.5) is 0 Å². The van der Waals surface area contributed by atoms with Gasteiger partial charge in [0.1, 0.15) is 0 Å². The van der Waals surface area contributed by atoms with Crippen LogP contribution in [0.2, 0.25) is 0 Å². The van der Waals surface area contributed by atoms with Crippen molar-refractivity contribution in [2.24, 2.45) is 0 Å². The molecule has 0 saturated heterocycles. The van der Waals surface area contributed by atoms with Crippen molar-refractivity contribution in [1.29, 1.82) is 0 Å². The van der Waals surface area contributed by atoms with Gasteiger partial charge in [-0.05, 0) is 19.1 Å². The van der Waals surface area contributed by atoms with Gasteiger partial charge in [-0.15, -0.1) is 0 Å². The van der Waals surface area contributed by atoms with E-state index in [2.05, 4.69) is 16.9 Å². The number of aromatic nitrogens is 1. The Balaban J connectivity index is 2.90. The molecule has 1 aromatic heterocycles. The minimum Gasteiger partial charge on any atom is -0.388 e. The Hall–Kier alpha value is -1.31. The third kappa shape index (κ3) is 1.80. The molecule has 0 aliphatic carbocycles. The molecule has 0 saturated carbocycles. The molecule has 0 bridgehead atoms. The van der Waals surface area contributed by atoms with Gasteiger partial charge in [-0.1, -0.05) is 6.58 Å². The highest BCUT2D eigenvalue weighted by Crippen LogP contribution is 2.06. The van der Waals surface area contributed by atoms with Crippen molar-refractivity contribution in [3.8, 4) is 0 Å². The van der Waals surface area contributed by atoms with Crippen LogP contribution in [0, 0.1) is 6.92 Å². The van der Waals surface area contributed by atoms with Gasteiger partial charge in [0.05, 0.1) is 0 Å². The molecule has 0 aromatic carbocycles. The van der Waals surface area contributed by atoms with Crippen molar-refractivity contribution < 1.29 is 0 Å². The average molecular weight is 148 g/mol. The third-order valence-electron chi connectivity index (χ3n) is 1.56. The first kappa shape index (κ1) is 7.79. The van der Waals surface area contributed by atoms with Gasteiger partial charge in [-0.3, -0.25) is 4.98 Å². The molecule has 2 heteroatoms. The third-order valence-corrected chi connectivity index (χ3v) is 1.56. The first-order valence-electron chi connectivity index (χ1n) is 3.53. The van der Waals surface area contributed by atoms with Gasteiger partial charge in [0.2, 0.25) is 0 Å². The van der Waals surface area contributed by atoms with E-state index in [-0.39, 0.29) is 0 Å². The Morgan fingerprint density at radius 1 is 1.55 bits per heavy atom. The summed E-state index contributed by atoms with van der Waals surface area (Å²) in [5, 5.41) is 2.97. The van der Waals surface area contributed by atoms with Gasteiger partial charge in [0.25, 0.3) is 0 Å². The first-order valence-corrected chi connectivity index (χ1v) is 3.53. The molecule has 11 heavy (non-hydrogen) atoms. The van der Waals surface area contributed by atoms with E-state index in [1.54, 1.807) is 0 Å². The highest BCUT2D eigenvalue weighted by molar-refractivity contribution is 5.60. The second-order valence-corrected chi connectivity index (χ2v) is 2.42. The number of rotatable bonds is 2. The number of aryl methyl sites for hydroxylation is 1. The Morgan fingerprint density at radius 3 is 2.73 bits per heavy atom. The molecule has 0 spiro atoms. The van der Waals surface area contributed by atoms with E-state index in [4.69, 9.17) is 0 Å². The second kappa shape index (κ2) is 3.19. The standard InChI is InChI=1S/C9H12N2/c1-7-4-5-9(6-11-7)8(2)10-3/h4-6,10H,2H2,1,3H3. The summed E-state index contributed by atoms with van der Waals surface area (Å²) in [6.45, 7) is 5.79. The maximum absolute atomic E-state index is 4.15. The summed E-state index contributed by atoms with van der Waals surface area (Å²) in [4.78, 5) is 4.15. The number of pyridine rings is 1. The number of nitrogens with one attached hydrogen (secondary N) is 1. The van der Waals surface area contributed by atoms with Crippen LogP contribution < -0.4 is 5.32 Å². The van der Waals surface area contributed by atoms with Crippen molar-refractivity contribution in [2.75, 3.05) is 7.05 Å². The van der Waals surface area contributed by atoms with Gasteiger partial charge < -0.3 is 5.32 Å². The SMILES string of the molecule is C=C(NC)c1ccc(C)nc1. The average Bonchev–Trinajstić information content (AvgIpc) is 2.05. The van der Waals surface area contributed by atoms with Crippen molar-refractivity contribution >= 4 is 5.70 Å². The summed E-state index contributed by atoms with van der Waals surface area (Å²) in [5.74, 6) is 0. The molecule has 1 aromatic rings. The summed E-state index contributed by atoms with van der Waals surface area (Å²) in [6, 6.07) is 3.97. The van der Waals surface area contributed by atoms with Crippen molar-refractivity contribution in [3.05, 3.63) is 36.2 Å². The van der Waals surface area contributed by atoms with Crippen molar-refractivity contribution in [3.63, 3.8) is 0 Å². The van der Waals surface area contributed by atoms with Crippen molar-refractivity contribution in [1.82, 2.24) is 10.3 Å². The van der Waals surface area contributed by atoms with E-state index < -0.39 is 0 Å². The van der Waals surface area contributed by atoms with Crippen LogP contribution in [0.15, 0.2) is 24.9 Å². The number of hydrogen-bond acceptors (Lipinski definition) is 2. The summed E-state index contributed by atoms with van der Waals surface area (Å²) in [5.41, 5.74) is 2.97. The molecular weight excluding hydrogens is 136 g/mol. The second-order valence-electron chi connectivity index (χ2n) is 2.42. The summed E-state index contributed by atoms with van der Waals surface area (Å²) >= 11 is 0. The van der Waals surface area contributed by atoms with E-state index >= 15 is 0 Å². The molecular formula is C9H12N2. The Labute approximate surface area is 67.0 Å². The maximum Gasteiger partial charge on any atom is 0.0373 e. The fourth-order valence-corrected chi connectivity index (χ4v) is 0.791. The van der Waals surface area contributed by atoms with Gasteiger partial charge in [-0.2, -0.15) is 0 Å². The van der Waals surface area contributed by atoms with Crippen LogP contribution in [0.3, 0.4) is 0 Å². The van der Waals surface area contributed by atoms with Gasteiger partial charge >= 0.3 is 0 Å². The Kier molecular flexibility index (Phi) is 2.26. The van der Waals surface area contributed by atoms with Crippen LogP contribution in [0.5, 0.6) is 0 Å². The zero-order valence-electron chi connectivity index (χ0n) is 6.89. The summed E-state index contributed by atoms with van der Waals surface area (Å²) in [6.07, 6.45) is 1.81. The summed E-state index contributed by atoms with van der Waals surface area (Å²) < 4.78 is 0. The van der Waals surface area contributed by atoms with E-state index in [1.165, 1.54) is 0 Å². The molecule has 1 N–H and O–H groups in total. The molecule has 0 fully saturated rings. The zero-order chi connectivity index (χ0) is 8.27. The van der Waals surface area contributed by atoms with Crippen molar-refractivity contribution in [2.45, 2.75) is 6.92 Å². The fourth-order valence-electron chi connectivity index (χ4n) is 0.791. The molecule has 0 atom stereocenters. The molecule has 1 rings (SSSR count). The largest absolute Gasteiger partial charge is 0.388 e. The van der Waals surface area contributed by atoms with Gasteiger partial charge in [0.15, 0.2) is 0 Å². The smallest absolute Gasteiger partial charge is 0.0373 e. The maximum atomic E-state index is 4.15. The Morgan fingerprint density at radius 2 is 2.27 bits per heavy atom. The molecule has 0 aliphatic heterocycles. The minimum absolute atomic E-state index is 0.900. The van der Waals surface area contributed by atoms with Crippen LogP contribution in [0.1, 0.15) is 11.3 Å². The quantitative estimate of drug-likeness (QED) is 0.688. The fraction of sp³-hybridized carbons (Fsp3) is 0.222. The molecule has 2 nitrogen and oxygen atoms in total. The van der Waals surface area contributed by atoms with Crippen LogP contribution in [0.25, 0.3) is 5.70 Å². The molecule has 0 unspecified atom stereocenters. The highest BCUT2D eigenvalue weighted by Gasteiger charge is 1.94. The zero-order valence-corrected chi connectivity index (χ0v) is 6.89. The highest BCUT2D eigenvalue weighted by atomic mass is 14.8. The lowest BCUT2D eigenvalue weighted by atomic mass is 10.2. The van der Waals surface area contributed by atoms with Crippen LogP contribution in [-0.4, -0.2) is 12.0 Å². The van der Waals surface area contributed by atoms with E-state index in [1.807, 2.05) is 32.3 Å². The molecule has 0 radical (unpaired) electrons. The first-order chi connectivity index (χ1) is 5.24. The lowest BCUT2D eigenvalue weighted by Gasteiger charge is -2.03. The van der Waals surface area contributed by atoms with Crippen LogP contribution in [-0.2, 0) is 0 Å². The molecule has 1 heterocycles. The molecule has 0 amide bonds. The predicted octanol–water partition coefficient (Wildman–Crippen LogP) is 1.58.